The van der Waals surface area contributed by atoms with Crippen LogP contribution in [0.1, 0.15) is 34.2 Å². The van der Waals surface area contributed by atoms with E-state index < -0.39 is 59.7 Å². The molecule has 0 bridgehead atoms. The zero-order valence-electron chi connectivity index (χ0n) is 46.9. The minimum absolute atomic E-state index is 0.0278. The molecule has 90 heavy (non-hydrogen) atoms. The van der Waals surface area contributed by atoms with Crippen molar-refractivity contribution < 1.29 is 60.7 Å². The van der Waals surface area contributed by atoms with E-state index in [1.807, 2.05) is 6.07 Å². The molecule has 0 fully saturated rings. The smallest absolute Gasteiger partial charge is 0.406 e. The number of ether oxygens (including phenoxy) is 1. The van der Waals surface area contributed by atoms with Gasteiger partial charge in [0.05, 0.1) is 47.8 Å². The number of alkyl halides is 3. The molecule has 0 aliphatic rings. The van der Waals surface area contributed by atoms with E-state index in [4.69, 9.17) is 15.4 Å². The highest BCUT2D eigenvalue weighted by atomic mass is 32.2. The van der Waals surface area contributed by atoms with Gasteiger partial charge in [0.25, 0.3) is 0 Å². The molecule has 0 saturated carbocycles. The van der Waals surface area contributed by atoms with Gasteiger partial charge in [-0.2, -0.15) is 0 Å². The maximum Gasteiger partial charge on any atom is 0.573 e. The summed E-state index contributed by atoms with van der Waals surface area (Å²) in [5.41, 5.74) is 9.57. The number of fused-ring (bicyclic) bond motifs is 3. The summed E-state index contributed by atoms with van der Waals surface area (Å²) in [7, 11) is -11.6. The summed E-state index contributed by atoms with van der Waals surface area (Å²) in [6.07, 6.45) is -1.99. The molecule has 0 atom stereocenters. The number of aromatic nitrogens is 6. The Hall–Kier alpha value is -9.57. The van der Waals surface area contributed by atoms with Crippen LogP contribution in [-0.2, 0) is 68.6 Å². The van der Waals surface area contributed by atoms with Gasteiger partial charge in [0, 0.05) is 42.0 Å². The fourth-order valence-electron chi connectivity index (χ4n) is 10.0. The number of nitrogens with one attached hydrogen (secondary N) is 3. The Morgan fingerprint density at radius 3 is 1.20 bits per heavy atom. The summed E-state index contributed by atoms with van der Waals surface area (Å²) >= 11 is 0. The number of rotatable bonds is 16. The third kappa shape index (κ3) is 15.8. The van der Waals surface area contributed by atoms with Gasteiger partial charge in [-0.25, -0.2) is 73.2 Å². The van der Waals surface area contributed by atoms with E-state index in [1.54, 1.807) is 115 Å². The first-order valence-corrected chi connectivity index (χ1v) is 31.9. The summed E-state index contributed by atoms with van der Waals surface area (Å²) in [5.74, 6) is -1.20. The number of hydrogen-bond donors (Lipinski definition) is 6. The fourth-order valence-corrected chi connectivity index (χ4v) is 12.3. The number of nitrogens with zero attached hydrogens (tertiary/aromatic N) is 3. The van der Waals surface area contributed by atoms with Gasteiger partial charge in [-0.3, -0.25) is 0 Å². The van der Waals surface area contributed by atoms with Crippen LogP contribution in [0.25, 0.3) is 66.5 Å². The Morgan fingerprint density at radius 2 is 0.800 bits per heavy atom. The fraction of sp³-hybridized carbons (Fsp3) is 0.109. The quantitative estimate of drug-likeness (QED) is 0.0498. The lowest BCUT2D eigenvalue weighted by molar-refractivity contribution is -0.274. The molecule has 0 aliphatic carbocycles. The molecule has 26 heteroatoms. The third-order valence-corrected chi connectivity index (χ3v) is 17.1. The molecule has 12 aromatic rings. The van der Waals surface area contributed by atoms with Crippen molar-refractivity contribution in [2.24, 2.45) is 15.4 Å². The predicted octanol–water partition coefficient (Wildman–Crippen LogP) is 12.4. The van der Waals surface area contributed by atoms with E-state index in [0.717, 1.165) is 28.7 Å². The van der Waals surface area contributed by atoms with Gasteiger partial charge >= 0.3 is 6.36 Å². The second-order valence-electron chi connectivity index (χ2n) is 20.5. The molecule has 9 aromatic carbocycles. The molecule has 0 unspecified atom stereocenters. The first-order valence-electron chi connectivity index (χ1n) is 27.3. The van der Waals surface area contributed by atoms with Gasteiger partial charge in [0.15, 0.2) is 11.6 Å². The highest BCUT2D eigenvalue weighted by Crippen LogP contribution is 2.33. The number of aryl methyl sites for hydroxylation is 6. The first kappa shape index (κ1) is 63.4. The first-order chi connectivity index (χ1) is 42.7. The van der Waals surface area contributed by atoms with Crippen LogP contribution in [0.5, 0.6) is 5.75 Å². The third-order valence-electron chi connectivity index (χ3n) is 14.2. The lowest BCUT2D eigenvalue weighted by atomic mass is 10.1. The number of nitrogens with two attached hydrogens (primary N) is 3. The molecular formula is C64H52F7N9O7S3. The lowest BCUT2D eigenvalue weighted by Crippen LogP contribution is -2.17. The largest absolute Gasteiger partial charge is 0.573 e. The molecule has 3 aromatic heterocycles. The molecule has 16 nitrogen and oxygen atoms in total. The number of hydrogen-bond acceptors (Lipinski definition) is 10. The molecule has 0 aliphatic heterocycles. The van der Waals surface area contributed by atoms with E-state index in [-0.39, 0.29) is 20.4 Å². The molecule has 12 rings (SSSR count). The van der Waals surface area contributed by atoms with Crippen LogP contribution in [0.4, 0.5) is 30.7 Å². The van der Waals surface area contributed by atoms with Crippen molar-refractivity contribution in [2.75, 3.05) is 0 Å². The monoisotopic (exact) mass is 1290 g/mol. The standard InChI is InChI=1S/C22H18F3N3O3S.2C21H17F2N3O2S/c23-22(24,25)31-16-5-3-4-14(12-16)8-11-21-27-18-10-9-15(13-19(18)28-21)17-6-1-2-7-20(17)32(26,29)30;22-16-8-5-13(11-17(16)23)6-10-21-25-18-9-7-14(12-19(18)26-21)15-3-1-2-4-20(15)29(24,27)28;22-15-8-5-13(17(23)12-15)7-10-21-25-18-9-6-14(11-19(18)26-21)16-3-1-2-4-20(16)29(24,27)28/h1-7,9-10,12-13H,8,11H2,(H,27,28)(H2,26,29,30);1-5,7-9,11-12H,6,10H2,(H,25,26)(H2,24,27,28);1-6,8-9,11-12H,7,10H2,(H,25,26)(H2,24,27,28). The number of benzene rings is 9. The van der Waals surface area contributed by atoms with Gasteiger partial charge in [-0.1, -0.05) is 97.1 Å². The molecule has 0 spiro atoms. The van der Waals surface area contributed by atoms with E-state index in [1.165, 1.54) is 54.6 Å². The molecule has 0 saturated heterocycles. The van der Waals surface area contributed by atoms with Gasteiger partial charge in [-0.15, -0.1) is 13.2 Å². The zero-order chi connectivity index (χ0) is 64.1. The molecule has 0 amide bonds. The Kier molecular flexibility index (Phi) is 18.5. The Morgan fingerprint density at radius 1 is 0.389 bits per heavy atom. The second kappa shape index (κ2) is 26.2. The highest BCUT2D eigenvalue weighted by molar-refractivity contribution is 7.89. The number of sulfonamides is 3. The summed E-state index contributed by atoms with van der Waals surface area (Å²) < 4.78 is 166. The Labute approximate surface area is 510 Å². The molecule has 3 heterocycles. The average Bonchev–Trinajstić information content (AvgIpc) is 1.46. The van der Waals surface area contributed by atoms with Crippen LogP contribution in [0.15, 0.2) is 203 Å². The maximum absolute atomic E-state index is 13.8. The van der Waals surface area contributed by atoms with E-state index in [9.17, 15) is 56.0 Å². The van der Waals surface area contributed by atoms with Crippen LogP contribution < -0.4 is 20.2 Å². The van der Waals surface area contributed by atoms with Crippen molar-refractivity contribution in [3.8, 4) is 39.1 Å². The molecule has 462 valence electrons. The van der Waals surface area contributed by atoms with Crippen LogP contribution >= 0.6 is 0 Å². The zero-order valence-corrected chi connectivity index (χ0v) is 49.4. The molecule has 0 radical (unpaired) electrons. The Bertz CT molecular complexity index is 5000. The van der Waals surface area contributed by atoms with Crippen LogP contribution in [0.3, 0.4) is 0 Å². The number of primary sulfonamides is 3. The van der Waals surface area contributed by atoms with Gasteiger partial charge < -0.3 is 19.7 Å². The summed E-state index contributed by atoms with van der Waals surface area (Å²) in [6, 6.07) is 48.7. The van der Waals surface area contributed by atoms with Crippen LogP contribution in [0, 0.1) is 23.3 Å². The number of halogens is 7. The van der Waals surface area contributed by atoms with Crippen molar-refractivity contribution >= 4 is 63.2 Å². The lowest BCUT2D eigenvalue weighted by Gasteiger charge is -2.09. The van der Waals surface area contributed by atoms with Crippen molar-refractivity contribution in [1.29, 1.82) is 0 Å². The topological polar surface area (TPSA) is 276 Å². The molecule has 9 N–H and O–H groups in total. The minimum Gasteiger partial charge on any atom is -0.406 e. The molecular weight excluding hydrogens is 1240 g/mol. The van der Waals surface area contributed by atoms with Crippen molar-refractivity contribution in [1.82, 2.24) is 29.9 Å². The van der Waals surface area contributed by atoms with Gasteiger partial charge in [0.2, 0.25) is 30.1 Å². The van der Waals surface area contributed by atoms with Gasteiger partial charge in [-0.05, 0) is 138 Å². The number of H-pyrrole nitrogens is 3. The number of imidazole rings is 3. The van der Waals surface area contributed by atoms with Gasteiger partial charge in [0.1, 0.15) is 34.9 Å². The van der Waals surface area contributed by atoms with E-state index in [2.05, 4.69) is 34.6 Å². The minimum atomic E-state index is -4.74. The summed E-state index contributed by atoms with van der Waals surface area (Å²) in [4.78, 5) is 23.2. The maximum atomic E-state index is 13.8. The van der Waals surface area contributed by atoms with Crippen molar-refractivity contribution in [3.05, 3.63) is 245 Å². The Balaban J connectivity index is 0.000000149. The SMILES string of the molecule is NS(=O)(=O)c1ccccc1-c1ccc2nc(CCc3ccc(F)c(F)c3)[nH]c2c1.NS(=O)(=O)c1ccccc1-c1ccc2nc(CCc3ccc(F)cc3F)[nH]c2c1.NS(=O)(=O)c1ccccc1-c1ccc2nc(CCc3cccc(OC(F)(F)F)c3)[nH]c2c1. The predicted molar refractivity (Wildman–Crippen MR) is 327 cm³/mol. The highest BCUT2D eigenvalue weighted by Gasteiger charge is 2.31. The van der Waals surface area contributed by atoms with Crippen LogP contribution in [0.2, 0.25) is 0 Å². The average molecular weight is 1290 g/mol. The normalized spacial score (nSPS) is 12.0. The summed E-state index contributed by atoms with van der Waals surface area (Å²) in [5, 5.41) is 16.0. The van der Waals surface area contributed by atoms with Crippen molar-refractivity contribution in [3.63, 3.8) is 0 Å². The van der Waals surface area contributed by atoms with Crippen molar-refractivity contribution in [2.45, 2.75) is 59.6 Å². The van der Waals surface area contributed by atoms with E-state index >= 15 is 0 Å². The van der Waals surface area contributed by atoms with Crippen LogP contribution in [-0.4, -0.2) is 61.5 Å². The second-order valence-corrected chi connectivity index (χ2v) is 25.1. The number of aromatic amines is 3. The van der Waals surface area contributed by atoms with E-state index in [0.29, 0.717) is 123 Å². The summed E-state index contributed by atoms with van der Waals surface area (Å²) in [6.45, 7) is 0.